The molecule has 0 saturated carbocycles. The lowest BCUT2D eigenvalue weighted by atomic mass is 10.1. The molecule has 0 aliphatic heterocycles. The van der Waals surface area contributed by atoms with Crippen molar-refractivity contribution >= 4 is 17.0 Å². The molecule has 3 aromatic rings. The Kier molecular flexibility index (Phi) is 3.74. The second-order valence-corrected chi connectivity index (χ2v) is 5.19. The van der Waals surface area contributed by atoms with Crippen molar-refractivity contribution in [1.29, 1.82) is 0 Å². The summed E-state index contributed by atoms with van der Waals surface area (Å²) in [6.45, 7) is 0. The highest BCUT2D eigenvalue weighted by atomic mass is 19.4. The van der Waals surface area contributed by atoms with E-state index in [1.165, 1.54) is 34.6 Å². The number of ether oxygens (including phenoxy) is 1. The van der Waals surface area contributed by atoms with E-state index in [2.05, 4.69) is 15.4 Å². The van der Waals surface area contributed by atoms with Gasteiger partial charge in [-0.25, -0.2) is 9.48 Å². The van der Waals surface area contributed by atoms with E-state index in [0.717, 1.165) is 12.4 Å². The van der Waals surface area contributed by atoms with E-state index in [0.29, 0.717) is 11.0 Å². The number of benzene rings is 1. The molecule has 0 aliphatic rings. The first kappa shape index (κ1) is 16.0. The normalized spacial score (nSPS) is 13.2. The minimum absolute atomic E-state index is 0.0222. The van der Waals surface area contributed by atoms with Crippen molar-refractivity contribution in [3.8, 4) is 0 Å². The molecule has 2 aromatic heterocycles. The fourth-order valence-corrected chi connectivity index (χ4v) is 2.23. The summed E-state index contributed by atoms with van der Waals surface area (Å²) in [6.07, 6.45) is -4.98. The third kappa shape index (κ3) is 2.94. The molecule has 0 radical (unpaired) electrons. The molecule has 0 N–H and O–H groups in total. The number of alkyl halides is 3. The van der Waals surface area contributed by atoms with Gasteiger partial charge in [0.1, 0.15) is 5.52 Å². The zero-order valence-corrected chi connectivity index (χ0v) is 12.7. The summed E-state index contributed by atoms with van der Waals surface area (Å²) >= 11 is 0. The lowest BCUT2D eigenvalue weighted by Gasteiger charge is -2.19. The number of fused-ring (bicyclic) bond motifs is 1. The number of aryl methyl sites for hydroxylation is 2. The summed E-state index contributed by atoms with van der Waals surface area (Å²) < 4.78 is 47.0. The van der Waals surface area contributed by atoms with Crippen LogP contribution >= 0.6 is 0 Å². The lowest BCUT2D eigenvalue weighted by molar-refractivity contribution is -0.207. The number of esters is 1. The van der Waals surface area contributed by atoms with Gasteiger partial charge >= 0.3 is 12.1 Å². The molecule has 0 unspecified atom stereocenters. The molecule has 0 aliphatic carbocycles. The van der Waals surface area contributed by atoms with E-state index in [1.807, 2.05) is 0 Å². The van der Waals surface area contributed by atoms with E-state index in [4.69, 9.17) is 4.74 Å². The average molecular weight is 339 g/mol. The van der Waals surface area contributed by atoms with E-state index in [-0.39, 0.29) is 11.1 Å². The quantitative estimate of drug-likeness (QED) is 0.684. The highest BCUT2D eigenvalue weighted by Crippen LogP contribution is 2.36. The zero-order valence-electron chi connectivity index (χ0n) is 12.7. The number of carbonyl (C=O) groups is 1. The lowest BCUT2D eigenvalue weighted by Crippen LogP contribution is -2.26. The van der Waals surface area contributed by atoms with Gasteiger partial charge in [-0.15, -0.1) is 5.10 Å². The Morgan fingerprint density at radius 2 is 2.04 bits per heavy atom. The predicted molar refractivity (Wildman–Crippen MR) is 75.9 cm³/mol. The molecule has 0 spiro atoms. The van der Waals surface area contributed by atoms with Gasteiger partial charge in [-0.2, -0.15) is 18.3 Å². The van der Waals surface area contributed by atoms with Crippen molar-refractivity contribution in [2.24, 2.45) is 14.1 Å². The maximum absolute atomic E-state index is 13.2. The maximum atomic E-state index is 13.2. The summed E-state index contributed by atoms with van der Waals surface area (Å²) in [5, 5.41) is 11.3. The first-order valence-electron chi connectivity index (χ1n) is 6.81. The first-order valence-corrected chi connectivity index (χ1v) is 6.81. The second-order valence-electron chi connectivity index (χ2n) is 5.19. The Morgan fingerprint density at radius 1 is 1.29 bits per heavy atom. The zero-order chi connectivity index (χ0) is 17.5. The molecule has 24 heavy (non-hydrogen) atoms. The van der Waals surface area contributed by atoms with Crippen molar-refractivity contribution < 1.29 is 22.7 Å². The van der Waals surface area contributed by atoms with E-state index in [1.54, 1.807) is 7.05 Å². The molecule has 0 saturated heterocycles. The van der Waals surface area contributed by atoms with Crippen LogP contribution in [0.25, 0.3) is 11.0 Å². The number of hydrogen-bond donors (Lipinski definition) is 0. The smallest absolute Gasteiger partial charge is 0.429 e. The van der Waals surface area contributed by atoms with Gasteiger partial charge in [-0.05, 0) is 18.2 Å². The molecule has 0 amide bonds. The standard InChI is InChI=1S/C14H12F3N5O2/c1-21-7-9(6-18-21)12(14(15,16)17)24-13(23)8-3-4-10-11(5-8)22(2)20-19-10/h3-7,12H,1-2H3/t12-/m0/s1. The van der Waals surface area contributed by atoms with Crippen molar-refractivity contribution in [1.82, 2.24) is 24.8 Å². The highest BCUT2D eigenvalue weighted by molar-refractivity contribution is 5.93. The van der Waals surface area contributed by atoms with Crippen molar-refractivity contribution in [3.63, 3.8) is 0 Å². The Hall–Kier alpha value is -2.91. The molecule has 3 rings (SSSR count). The van der Waals surface area contributed by atoms with Crippen LogP contribution in [0.15, 0.2) is 30.6 Å². The van der Waals surface area contributed by atoms with Gasteiger partial charge < -0.3 is 4.74 Å². The first-order chi connectivity index (χ1) is 11.3. The number of halogens is 3. The van der Waals surface area contributed by atoms with Crippen LogP contribution in [0.5, 0.6) is 0 Å². The largest absolute Gasteiger partial charge is 0.444 e. The van der Waals surface area contributed by atoms with E-state index >= 15 is 0 Å². The Labute approximate surface area is 133 Å². The van der Waals surface area contributed by atoms with Gasteiger partial charge in [0.25, 0.3) is 0 Å². The van der Waals surface area contributed by atoms with Crippen LogP contribution in [0.2, 0.25) is 0 Å². The Morgan fingerprint density at radius 3 is 2.67 bits per heavy atom. The number of hydrogen-bond acceptors (Lipinski definition) is 5. The van der Waals surface area contributed by atoms with Crippen molar-refractivity contribution in [2.45, 2.75) is 12.3 Å². The molecular formula is C14H12F3N5O2. The van der Waals surface area contributed by atoms with Gasteiger partial charge in [0, 0.05) is 25.9 Å². The van der Waals surface area contributed by atoms with E-state index < -0.39 is 18.2 Å². The monoisotopic (exact) mass is 339 g/mol. The van der Waals surface area contributed by atoms with Crippen molar-refractivity contribution in [2.75, 3.05) is 0 Å². The van der Waals surface area contributed by atoms with Gasteiger partial charge in [0.15, 0.2) is 0 Å². The van der Waals surface area contributed by atoms with Crippen LogP contribution in [0, 0.1) is 0 Å². The molecule has 0 bridgehead atoms. The van der Waals surface area contributed by atoms with Gasteiger partial charge in [0.2, 0.25) is 6.10 Å². The molecule has 2 heterocycles. The maximum Gasteiger partial charge on any atom is 0.429 e. The fraction of sp³-hybridized carbons (Fsp3) is 0.286. The van der Waals surface area contributed by atoms with Crippen LogP contribution in [0.3, 0.4) is 0 Å². The van der Waals surface area contributed by atoms with Gasteiger partial charge in [0.05, 0.1) is 17.3 Å². The summed E-state index contributed by atoms with van der Waals surface area (Å²) in [5.74, 6) is -1.09. The van der Waals surface area contributed by atoms with Crippen molar-refractivity contribution in [3.05, 3.63) is 41.7 Å². The van der Waals surface area contributed by atoms with Crippen LogP contribution in [-0.2, 0) is 18.8 Å². The molecular weight excluding hydrogens is 327 g/mol. The predicted octanol–water partition coefficient (Wildman–Crippen LogP) is 2.16. The Bertz CT molecular complexity index is 899. The van der Waals surface area contributed by atoms with Crippen LogP contribution in [0.1, 0.15) is 22.0 Å². The van der Waals surface area contributed by atoms with Crippen LogP contribution in [0.4, 0.5) is 13.2 Å². The Balaban J connectivity index is 1.90. The molecule has 0 fully saturated rings. The van der Waals surface area contributed by atoms with E-state index in [9.17, 15) is 18.0 Å². The molecule has 10 heteroatoms. The number of aromatic nitrogens is 5. The third-order valence-corrected chi connectivity index (χ3v) is 3.40. The molecule has 1 aromatic carbocycles. The SMILES string of the molecule is Cn1cc([C@H](OC(=O)c2ccc3nnn(C)c3c2)C(F)(F)F)cn1. The van der Waals surface area contributed by atoms with Gasteiger partial charge in [-0.1, -0.05) is 5.21 Å². The summed E-state index contributed by atoms with van der Waals surface area (Å²) in [4.78, 5) is 12.2. The highest BCUT2D eigenvalue weighted by Gasteiger charge is 2.45. The fourth-order valence-electron chi connectivity index (χ4n) is 2.23. The third-order valence-electron chi connectivity index (χ3n) is 3.40. The number of rotatable bonds is 3. The summed E-state index contributed by atoms with van der Waals surface area (Å²) in [7, 11) is 3.08. The van der Waals surface area contributed by atoms with Crippen LogP contribution in [-0.4, -0.2) is 36.9 Å². The molecule has 1 atom stereocenters. The summed E-state index contributed by atoms with van der Waals surface area (Å²) in [5.41, 5.74) is 0.760. The summed E-state index contributed by atoms with van der Waals surface area (Å²) in [6, 6.07) is 4.22. The van der Waals surface area contributed by atoms with Gasteiger partial charge in [-0.3, -0.25) is 4.68 Å². The molecule has 7 nitrogen and oxygen atoms in total. The molecule has 126 valence electrons. The second kappa shape index (κ2) is 5.62. The van der Waals surface area contributed by atoms with Crippen LogP contribution < -0.4 is 0 Å². The average Bonchev–Trinajstić information content (AvgIpc) is 3.09. The number of carbonyl (C=O) groups excluding carboxylic acids is 1. The topological polar surface area (TPSA) is 74.8 Å². The number of nitrogens with zero attached hydrogens (tertiary/aromatic N) is 5. The minimum atomic E-state index is -4.75. The minimum Gasteiger partial charge on any atom is -0.444 e.